The predicted octanol–water partition coefficient (Wildman–Crippen LogP) is 4.65. The highest BCUT2D eigenvalue weighted by atomic mass is 16.5. The number of hydrogen-bond donors (Lipinski definition) is 1. The quantitative estimate of drug-likeness (QED) is 0.762. The van der Waals surface area contributed by atoms with Gasteiger partial charge in [0.1, 0.15) is 0 Å². The second-order valence-electron chi connectivity index (χ2n) is 9.99. The molecule has 0 spiro atoms. The van der Waals surface area contributed by atoms with Gasteiger partial charge in [0.15, 0.2) is 0 Å². The molecule has 0 aromatic rings. The normalized spacial score (nSPS) is 59.1. The van der Waals surface area contributed by atoms with Gasteiger partial charge in [-0.1, -0.05) is 20.8 Å². The maximum atomic E-state index is 10.4. The summed E-state index contributed by atoms with van der Waals surface area (Å²) < 4.78 is 5.89. The third-order valence-corrected chi connectivity index (χ3v) is 9.21. The fourth-order valence-electron chi connectivity index (χ4n) is 7.93. The van der Waals surface area contributed by atoms with Crippen molar-refractivity contribution >= 4 is 0 Å². The van der Waals surface area contributed by atoms with E-state index in [1.807, 2.05) is 7.11 Å². The monoisotopic (exact) mass is 320 g/mol. The molecule has 23 heavy (non-hydrogen) atoms. The topological polar surface area (TPSA) is 29.5 Å². The van der Waals surface area contributed by atoms with E-state index in [-0.39, 0.29) is 6.10 Å². The molecule has 0 aliphatic heterocycles. The number of methoxy groups -OCH3 is 1. The van der Waals surface area contributed by atoms with Crippen LogP contribution in [0.2, 0.25) is 0 Å². The third kappa shape index (κ3) is 2.20. The molecule has 4 fully saturated rings. The molecule has 2 heteroatoms. The summed E-state index contributed by atoms with van der Waals surface area (Å²) in [5.41, 5.74) is 0.910. The van der Waals surface area contributed by atoms with Gasteiger partial charge >= 0.3 is 0 Å². The number of ether oxygens (including phenoxy) is 1. The lowest BCUT2D eigenvalue weighted by atomic mass is 9.44. The molecule has 0 aromatic heterocycles. The Morgan fingerprint density at radius 2 is 1.70 bits per heavy atom. The van der Waals surface area contributed by atoms with Gasteiger partial charge in [0.2, 0.25) is 0 Å². The second-order valence-corrected chi connectivity index (χ2v) is 9.99. The Morgan fingerprint density at radius 3 is 2.43 bits per heavy atom. The van der Waals surface area contributed by atoms with Crippen molar-refractivity contribution in [2.75, 3.05) is 7.11 Å². The van der Waals surface area contributed by atoms with E-state index in [1.54, 1.807) is 0 Å². The fraction of sp³-hybridized carbons (Fsp3) is 1.00. The van der Waals surface area contributed by atoms with Crippen LogP contribution in [-0.2, 0) is 4.74 Å². The Balaban J connectivity index is 1.62. The number of rotatable bonds is 1. The van der Waals surface area contributed by atoms with Crippen LogP contribution in [-0.4, -0.2) is 24.4 Å². The van der Waals surface area contributed by atoms with E-state index in [4.69, 9.17) is 4.74 Å². The summed E-state index contributed by atoms with van der Waals surface area (Å²) in [6.45, 7) is 7.39. The van der Waals surface area contributed by atoms with Gasteiger partial charge in [0, 0.05) is 7.11 Å². The largest absolute Gasteiger partial charge is 0.393 e. The van der Waals surface area contributed by atoms with Crippen LogP contribution < -0.4 is 0 Å². The molecule has 1 N–H and O–H groups in total. The number of hydrogen-bond acceptors (Lipinski definition) is 2. The number of aliphatic hydroxyl groups is 1. The first-order valence-electron chi connectivity index (χ1n) is 10.1. The molecular weight excluding hydrogens is 284 g/mol. The van der Waals surface area contributed by atoms with Crippen LogP contribution in [0, 0.1) is 40.4 Å². The molecule has 9 atom stereocenters. The summed E-state index contributed by atoms with van der Waals surface area (Å²) in [7, 11) is 1.92. The van der Waals surface area contributed by atoms with Crippen LogP contribution >= 0.6 is 0 Å². The molecule has 0 bridgehead atoms. The van der Waals surface area contributed by atoms with Crippen molar-refractivity contribution in [1.29, 1.82) is 0 Å². The zero-order valence-electron chi connectivity index (χ0n) is 15.6. The highest BCUT2D eigenvalue weighted by Crippen LogP contribution is 2.66. The van der Waals surface area contributed by atoms with E-state index in [2.05, 4.69) is 20.8 Å². The molecule has 4 aliphatic carbocycles. The average Bonchev–Trinajstić information content (AvgIpc) is 2.85. The summed E-state index contributed by atoms with van der Waals surface area (Å²) in [4.78, 5) is 0. The molecule has 0 heterocycles. The lowest BCUT2D eigenvalue weighted by Gasteiger charge is -2.61. The van der Waals surface area contributed by atoms with E-state index < -0.39 is 0 Å². The van der Waals surface area contributed by atoms with E-state index in [0.717, 1.165) is 30.1 Å². The maximum Gasteiger partial charge on any atom is 0.0627 e. The molecular formula is C21H36O2. The minimum Gasteiger partial charge on any atom is -0.393 e. The zero-order chi connectivity index (χ0) is 16.4. The summed E-state index contributed by atoms with van der Waals surface area (Å²) in [5.74, 6) is 3.94. The van der Waals surface area contributed by atoms with Crippen molar-refractivity contribution in [3.63, 3.8) is 0 Å². The van der Waals surface area contributed by atoms with Gasteiger partial charge in [-0.05, 0) is 91.8 Å². The zero-order valence-corrected chi connectivity index (χ0v) is 15.6. The van der Waals surface area contributed by atoms with E-state index in [9.17, 15) is 5.11 Å². The smallest absolute Gasteiger partial charge is 0.0627 e. The van der Waals surface area contributed by atoms with Crippen LogP contribution in [0.3, 0.4) is 0 Å². The van der Waals surface area contributed by atoms with Crippen molar-refractivity contribution in [1.82, 2.24) is 0 Å². The average molecular weight is 321 g/mol. The summed E-state index contributed by atoms with van der Waals surface area (Å²) in [6, 6.07) is 0. The van der Waals surface area contributed by atoms with Crippen molar-refractivity contribution in [2.45, 2.75) is 84.3 Å². The molecule has 0 amide bonds. The lowest BCUT2D eigenvalue weighted by Crippen LogP contribution is -2.55. The first-order valence-corrected chi connectivity index (χ1v) is 10.1. The Hall–Kier alpha value is -0.0800. The number of aliphatic hydroxyl groups excluding tert-OH is 1. The molecule has 0 aromatic carbocycles. The lowest BCUT2D eigenvalue weighted by molar-refractivity contribution is -0.148. The Kier molecular flexibility index (Phi) is 3.89. The highest BCUT2D eigenvalue weighted by molar-refractivity contribution is 5.10. The van der Waals surface area contributed by atoms with Crippen LogP contribution in [0.15, 0.2) is 0 Å². The fourth-order valence-corrected chi connectivity index (χ4v) is 7.93. The molecule has 4 aliphatic rings. The minimum atomic E-state index is -0.0529. The first-order chi connectivity index (χ1) is 10.9. The molecule has 4 rings (SSSR count). The van der Waals surface area contributed by atoms with Crippen LogP contribution in [0.5, 0.6) is 0 Å². The van der Waals surface area contributed by atoms with Crippen molar-refractivity contribution in [3.05, 3.63) is 0 Å². The van der Waals surface area contributed by atoms with Crippen molar-refractivity contribution < 1.29 is 9.84 Å². The van der Waals surface area contributed by atoms with Gasteiger partial charge < -0.3 is 9.84 Å². The SMILES string of the molecule is CO[C@H]1CC[C@H]2[C@@H]3CC[C@H]4C[C@H](O)[C@@H](C)C[C@]4(C)[C@H]3CC[C@]12C. The van der Waals surface area contributed by atoms with Crippen molar-refractivity contribution in [2.24, 2.45) is 40.4 Å². The summed E-state index contributed by atoms with van der Waals surface area (Å²) in [6.07, 6.45) is 10.9. The van der Waals surface area contributed by atoms with E-state index in [0.29, 0.717) is 22.9 Å². The van der Waals surface area contributed by atoms with Gasteiger partial charge in [-0.15, -0.1) is 0 Å². The standard InChI is InChI=1S/C21H36O2/c1-13-12-21(3)14(11-18(13)22)5-6-15-16-7-8-19(23-4)20(16,2)10-9-17(15)21/h13-19,22H,5-12H2,1-4H3/t13-,14-,15-,16-,17-,18-,19-,20-,21-/m0/s1. The predicted molar refractivity (Wildman–Crippen MR) is 93.1 cm³/mol. The van der Waals surface area contributed by atoms with Crippen LogP contribution in [0.1, 0.15) is 72.1 Å². The molecule has 2 nitrogen and oxygen atoms in total. The van der Waals surface area contributed by atoms with Gasteiger partial charge in [0.25, 0.3) is 0 Å². The van der Waals surface area contributed by atoms with Gasteiger partial charge in [0.05, 0.1) is 12.2 Å². The van der Waals surface area contributed by atoms with E-state index in [1.165, 1.54) is 44.9 Å². The Morgan fingerprint density at radius 1 is 0.957 bits per heavy atom. The van der Waals surface area contributed by atoms with E-state index >= 15 is 0 Å². The second kappa shape index (κ2) is 5.46. The Bertz CT molecular complexity index is 463. The molecule has 0 radical (unpaired) electrons. The molecule has 4 saturated carbocycles. The molecule has 132 valence electrons. The first kappa shape index (κ1) is 16.4. The van der Waals surface area contributed by atoms with Crippen LogP contribution in [0.25, 0.3) is 0 Å². The van der Waals surface area contributed by atoms with Gasteiger partial charge in [-0.25, -0.2) is 0 Å². The summed E-state index contributed by atoms with van der Waals surface area (Å²) in [5, 5.41) is 10.4. The minimum absolute atomic E-state index is 0.0529. The number of fused-ring (bicyclic) bond motifs is 5. The van der Waals surface area contributed by atoms with Gasteiger partial charge in [-0.2, -0.15) is 0 Å². The molecule has 0 unspecified atom stereocenters. The highest BCUT2D eigenvalue weighted by Gasteiger charge is 2.60. The van der Waals surface area contributed by atoms with Gasteiger partial charge in [-0.3, -0.25) is 0 Å². The maximum absolute atomic E-state index is 10.4. The van der Waals surface area contributed by atoms with Crippen LogP contribution in [0.4, 0.5) is 0 Å². The summed E-state index contributed by atoms with van der Waals surface area (Å²) >= 11 is 0. The van der Waals surface area contributed by atoms with Crippen molar-refractivity contribution in [3.8, 4) is 0 Å². The third-order valence-electron chi connectivity index (χ3n) is 9.21. The molecule has 0 saturated heterocycles. The Labute approximate surface area is 142 Å².